The molecule has 6 nitrogen and oxygen atoms in total. The summed E-state index contributed by atoms with van der Waals surface area (Å²) < 4.78 is 12.9. The van der Waals surface area contributed by atoms with E-state index in [2.05, 4.69) is 17.3 Å². The number of hydrogen-bond acceptors (Lipinski definition) is 4. The smallest absolute Gasteiger partial charge is 0.255 e. The van der Waals surface area contributed by atoms with Crippen LogP contribution in [0.4, 0.5) is 5.69 Å². The minimum Gasteiger partial charge on any atom is -0.497 e. The highest BCUT2D eigenvalue weighted by Crippen LogP contribution is 2.30. The van der Waals surface area contributed by atoms with Crippen LogP contribution in [0.2, 0.25) is 0 Å². The first kappa shape index (κ1) is 19.5. The van der Waals surface area contributed by atoms with Gasteiger partial charge in [0.1, 0.15) is 11.5 Å². The lowest BCUT2D eigenvalue weighted by atomic mass is 10.2. The summed E-state index contributed by atoms with van der Waals surface area (Å²) in [6.07, 6.45) is 3.74. The van der Waals surface area contributed by atoms with Crippen molar-refractivity contribution in [2.75, 3.05) is 19.0 Å². The summed E-state index contributed by atoms with van der Waals surface area (Å²) in [5.41, 5.74) is 3.08. The van der Waals surface area contributed by atoms with Crippen molar-refractivity contribution >= 4 is 11.6 Å². The van der Waals surface area contributed by atoms with Gasteiger partial charge in [-0.15, -0.1) is 0 Å². The summed E-state index contributed by atoms with van der Waals surface area (Å²) in [7, 11) is 1.59. The zero-order valence-corrected chi connectivity index (χ0v) is 16.4. The first-order valence-corrected chi connectivity index (χ1v) is 9.35. The van der Waals surface area contributed by atoms with Gasteiger partial charge in [-0.2, -0.15) is 5.10 Å². The predicted molar refractivity (Wildman–Crippen MR) is 110 cm³/mol. The van der Waals surface area contributed by atoms with Crippen molar-refractivity contribution < 1.29 is 14.3 Å². The van der Waals surface area contributed by atoms with E-state index in [1.54, 1.807) is 31.5 Å². The molecule has 146 valence electrons. The van der Waals surface area contributed by atoms with E-state index >= 15 is 0 Å². The van der Waals surface area contributed by atoms with Gasteiger partial charge in [-0.05, 0) is 55.8 Å². The number of methoxy groups -OCH3 is 1. The van der Waals surface area contributed by atoms with Crippen molar-refractivity contribution in [3.8, 4) is 17.2 Å². The highest BCUT2D eigenvalue weighted by Gasteiger charge is 2.12. The Hall–Kier alpha value is -3.28. The molecular weight excluding hydrogens is 354 g/mol. The molecule has 0 aliphatic heterocycles. The van der Waals surface area contributed by atoms with Crippen molar-refractivity contribution in [1.82, 2.24) is 9.78 Å². The highest BCUT2D eigenvalue weighted by atomic mass is 16.5. The first-order chi connectivity index (χ1) is 13.6. The van der Waals surface area contributed by atoms with Gasteiger partial charge in [0.2, 0.25) is 0 Å². The second-order valence-electron chi connectivity index (χ2n) is 6.45. The van der Waals surface area contributed by atoms with E-state index in [-0.39, 0.29) is 5.91 Å². The number of carbonyl (C=O) groups excluding carboxylic acids is 1. The number of nitrogens with one attached hydrogen (secondary N) is 1. The van der Waals surface area contributed by atoms with Crippen LogP contribution in [0, 0.1) is 6.92 Å². The summed E-state index contributed by atoms with van der Waals surface area (Å²) in [5.74, 6) is 1.08. The second kappa shape index (κ2) is 9.08. The van der Waals surface area contributed by atoms with Crippen LogP contribution in [0.1, 0.15) is 35.8 Å². The highest BCUT2D eigenvalue weighted by molar-refractivity contribution is 6.05. The minimum absolute atomic E-state index is 0.211. The molecular formula is C22H25N3O3. The van der Waals surface area contributed by atoms with Gasteiger partial charge in [0.05, 0.1) is 25.1 Å². The molecule has 0 atom stereocenters. The molecule has 0 aliphatic rings. The Labute approximate surface area is 165 Å². The van der Waals surface area contributed by atoms with E-state index in [0.29, 0.717) is 29.4 Å². The lowest BCUT2D eigenvalue weighted by Crippen LogP contribution is -2.13. The topological polar surface area (TPSA) is 65.4 Å². The standard InChI is InChI=1S/C22H25N3O3/c1-4-5-14-28-21-11-10-19(27-3)15-20(21)24-22(26)17-6-8-18(9-7-17)25-16(2)12-13-23-25/h6-13,15H,4-5,14H2,1-3H3,(H,24,26). The zero-order chi connectivity index (χ0) is 19.9. The molecule has 1 amide bonds. The number of rotatable bonds is 8. The molecule has 0 spiro atoms. The molecule has 3 aromatic rings. The molecule has 0 saturated heterocycles. The van der Waals surface area contributed by atoms with Gasteiger partial charge in [0.25, 0.3) is 5.91 Å². The number of benzene rings is 2. The van der Waals surface area contributed by atoms with E-state index in [9.17, 15) is 4.79 Å². The molecule has 0 aliphatic carbocycles. The number of aryl methyl sites for hydroxylation is 1. The number of carbonyl (C=O) groups is 1. The predicted octanol–water partition coefficient (Wildman–Crippen LogP) is 4.62. The van der Waals surface area contributed by atoms with E-state index in [4.69, 9.17) is 9.47 Å². The fourth-order valence-electron chi connectivity index (χ4n) is 2.77. The Balaban J connectivity index is 1.77. The maximum atomic E-state index is 12.7. The Kier molecular flexibility index (Phi) is 6.32. The number of anilines is 1. The van der Waals surface area contributed by atoms with E-state index < -0.39 is 0 Å². The normalized spacial score (nSPS) is 10.5. The van der Waals surface area contributed by atoms with E-state index in [0.717, 1.165) is 24.2 Å². The van der Waals surface area contributed by atoms with E-state index in [1.165, 1.54) is 0 Å². The van der Waals surface area contributed by atoms with Crippen LogP contribution in [-0.4, -0.2) is 29.4 Å². The third-order valence-corrected chi connectivity index (χ3v) is 4.40. The molecule has 0 unspecified atom stereocenters. The summed E-state index contributed by atoms with van der Waals surface area (Å²) in [4.78, 5) is 12.7. The molecule has 3 rings (SSSR count). The first-order valence-electron chi connectivity index (χ1n) is 9.35. The molecule has 1 heterocycles. The molecule has 0 bridgehead atoms. The molecule has 6 heteroatoms. The second-order valence-corrected chi connectivity index (χ2v) is 6.45. The Morgan fingerprint density at radius 1 is 1.14 bits per heavy atom. The van der Waals surface area contributed by atoms with Gasteiger partial charge in [-0.3, -0.25) is 4.79 Å². The third kappa shape index (κ3) is 4.52. The van der Waals surface area contributed by atoms with Crippen LogP contribution in [0.3, 0.4) is 0 Å². The number of amides is 1. The van der Waals surface area contributed by atoms with Crippen molar-refractivity contribution in [2.45, 2.75) is 26.7 Å². The third-order valence-electron chi connectivity index (χ3n) is 4.40. The molecule has 0 saturated carbocycles. The minimum atomic E-state index is -0.211. The van der Waals surface area contributed by atoms with E-state index in [1.807, 2.05) is 41.9 Å². The molecule has 0 fully saturated rings. The van der Waals surface area contributed by atoms with Crippen molar-refractivity contribution in [3.05, 3.63) is 66.0 Å². The van der Waals surface area contributed by atoms with Gasteiger partial charge < -0.3 is 14.8 Å². The number of aromatic nitrogens is 2. The molecule has 2 aromatic carbocycles. The zero-order valence-electron chi connectivity index (χ0n) is 16.4. The van der Waals surface area contributed by atoms with Crippen LogP contribution in [0.15, 0.2) is 54.7 Å². The van der Waals surface area contributed by atoms with Gasteiger partial charge in [0.15, 0.2) is 0 Å². The van der Waals surface area contributed by atoms with Crippen LogP contribution >= 0.6 is 0 Å². The lowest BCUT2D eigenvalue weighted by molar-refractivity contribution is 0.102. The monoisotopic (exact) mass is 379 g/mol. The Morgan fingerprint density at radius 2 is 1.93 bits per heavy atom. The summed E-state index contributed by atoms with van der Waals surface area (Å²) >= 11 is 0. The number of unbranched alkanes of at least 4 members (excludes halogenated alkanes) is 1. The van der Waals surface area contributed by atoms with Gasteiger partial charge in [-0.25, -0.2) is 4.68 Å². The Morgan fingerprint density at radius 3 is 2.57 bits per heavy atom. The van der Waals surface area contributed by atoms with Gasteiger partial charge in [0, 0.05) is 23.5 Å². The molecule has 0 radical (unpaired) electrons. The summed E-state index contributed by atoms with van der Waals surface area (Å²) in [6.45, 7) is 4.69. The number of ether oxygens (including phenoxy) is 2. The molecule has 1 aromatic heterocycles. The van der Waals surface area contributed by atoms with Crippen molar-refractivity contribution in [1.29, 1.82) is 0 Å². The van der Waals surface area contributed by atoms with Crippen molar-refractivity contribution in [2.24, 2.45) is 0 Å². The molecule has 28 heavy (non-hydrogen) atoms. The molecule has 1 N–H and O–H groups in total. The van der Waals surface area contributed by atoms with Crippen LogP contribution < -0.4 is 14.8 Å². The van der Waals surface area contributed by atoms with Crippen molar-refractivity contribution in [3.63, 3.8) is 0 Å². The SMILES string of the molecule is CCCCOc1ccc(OC)cc1NC(=O)c1ccc(-n2nccc2C)cc1. The van der Waals surface area contributed by atoms with Crippen LogP contribution in [-0.2, 0) is 0 Å². The summed E-state index contributed by atoms with van der Waals surface area (Å²) in [5, 5.41) is 7.21. The maximum Gasteiger partial charge on any atom is 0.255 e. The number of nitrogens with zero attached hydrogens (tertiary/aromatic N) is 2. The Bertz CT molecular complexity index is 932. The lowest BCUT2D eigenvalue weighted by Gasteiger charge is -2.14. The van der Waals surface area contributed by atoms with Gasteiger partial charge >= 0.3 is 0 Å². The average Bonchev–Trinajstić information content (AvgIpc) is 3.15. The summed E-state index contributed by atoms with van der Waals surface area (Å²) in [6, 6.07) is 14.6. The maximum absolute atomic E-state index is 12.7. The largest absolute Gasteiger partial charge is 0.497 e. The average molecular weight is 379 g/mol. The van der Waals surface area contributed by atoms with Crippen LogP contribution in [0.5, 0.6) is 11.5 Å². The van der Waals surface area contributed by atoms with Gasteiger partial charge in [-0.1, -0.05) is 13.3 Å². The quantitative estimate of drug-likeness (QED) is 0.580. The fourth-order valence-corrected chi connectivity index (χ4v) is 2.77. The fraction of sp³-hybridized carbons (Fsp3) is 0.273. The number of hydrogen-bond donors (Lipinski definition) is 1. The van der Waals surface area contributed by atoms with Crippen LogP contribution in [0.25, 0.3) is 5.69 Å².